The minimum Gasteiger partial charge on any atom is -0.493 e. The summed E-state index contributed by atoms with van der Waals surface area (Å²) < 4.78 is 13.0. The Balaban J connectivity index is 1.44. The van der Waals surface area contributed by atoms with Gasteiger partial charge in [-0.05, 0) is 38.0 Å². The number of nitrogens with zero attached hydrogens (tertiary/aromatic N) is 3. The summed E-state index contributed by atoms with van der Waals surface area (Å²) in [5.74, 6) is 1.58. The van der Waals surface area contributed by atoms with Gasteiger partial charge >= 0.3 is 0 Å². The first-order valence-corrected chi connectivity index (χ1v) is 8.96. The van der Waals surface area contributed by atoms with Crippen LogP contribution in [0.15, 0.2) is 30.3 Å². The lowest BCUT2D eigenvalue weighted by Gasteiger charge is -2.26. The number of rotatable bonds is 4. The molecule has 3 heterocycles. The summed E-state index contributed by atoms with van der Waals surface area (Å²) in [5.41, 5.74) is 3.93. The third kappa shape index (κ3) is 3.32. The van der Waals surface area contributed by atoms with E-state index in [4.69, 9.17) is 9.47 Å². The molecular weight excluding hydrogens is 344 g/mol. The highest BCUT2D eigenvalue weighted by atomic mass is 16.5. The number of ether oxygens (including phenoxy) is 2. The lowest BCUT2D eigenvalue weighted by molar-refractivity contribution is 0.0933. The Bertz CT molecular complexity index is 1010. The number of aromatic nitrogens is 3. The molecule has 140 valence electrons. The largest absolute Gasteiger partial charge is 0.493 e. The van der Waals surface area contributed by atoms with Gasteiger partial charge in [-0.1, -0.05) is 12.1 Å². The van der Waals surface area contributed by atoms with Crippen molar-refractivity contribution < 1.29 is 14.3 Å². The van der Waals surface area contributed by atoms with Crippen LogP contribution in [0, 0.1) is 19.8 Å². The van der Waals surface area contributed by atoms with E-state index < -0.39 is 0 Å². The Kier molecular flexibility index (Phi) is 4.43. The fourth-order valence-electron chi connectivity index (χ4n) is 3.43. The maximum atomic E-state index is 12.6. The van der Waals surface area contributed by atoms with Gasteiger partial charge in [-0.15, -0.1) is 0 Å². The van der Waals surface area contributed by atoms with Crippen LogP contribution in [-0.2, 0) is 6.42 Å². The number of carbonyl (C=O) groups is 1. The highest BCUT2D eigenvalue weighted by Crippen LogP contribution is 2.35. The second-order valence-electron chi connectivity index (χ2n) is 6.88. The van der Waals surface area contributed by atoms with E-state index in [-0.39, 0.29) is 11.8 Å². The van der Waals surface area contributed by atoms with Crippen LogP contribution in [0.25, 0.3) is 5.65 Å². The molecule has 1 atom stereocenters. The van der Waals surface area contributed by atoms with Gasteiger partial charge in [0, 0.05) is 24.2 Å². The van der Waals surface area contributed by atoms with Crippen molar-refractivity contribution in [2.75, 3.05) is 20.3 Å². The zero-order chi connectivity index (χ0) is 19.0. The fraction of sp³-hybridized carbons (Fsp3) is 0.350. The second-order valence-corrected chi connectivity index (χ2v) is 6.88. The zero-order valence-electron chi connectivity index (χ0n) is 15.7. The summed E-state index contributed by atoms with van der Waals surface area (Å²) in [4.78, 5) is 17.0. The van der Waals surface area contributed by atoms with Crippen LogP contribution in [0.4, 0.5) is 0 Å². The van der Waals surface area contributed by atoms with Gasteiger partial charge < -0.3 is 14.8 Å². The number of benzene rings is 1. The minimum atomic E-state index is -0.184. The number of para-hydroxylation sites is 1. The van der Waals surface area contributed by atoms with Gasteiger partial charge in [0.15, 0.2) is 17.1 Å². The molecule has 1 aliphatic rings. The Hall–Kier alpha value is -3.09. The maximum Gasteiger partial charge on any atom is 0.270 e. The number of nitrogens with one attached hydrogen (secondary N) is 1. The normalized spacial score (nSPS) is 15.9. The summed E-state index contributed by atoms with van der Waals surface area (Å²) in [7, 11) is 1.64. The Labute approximate surface area is 157 Å². The van der Waals surface area contributed by atoms with Crippen LogP contribution in [-0.4, -0.2) is 40.8 Å². The minimum absolute atomic E-state index is 0.184. The molecule has 1 N–H and O–H groups in total. The summed E-state index contributed by atoms with van der Waals surface area (Å²) in [6.45, 7) is 4.89. The van der Waals surface area contributed by atoms with E-state index in [0.29, 0.717) is 24.5 Å². The van der Waals surface area contributed by atoms with E-state index in [0.717, 1.165) is 34.9 Å². The second kappa shape index (κ2) is 6.90. The molecule has 0 spiro atoms. The van der Waals surface area contributed by atoms with Crippen molar-refractivity contribution in [3.63, 3.8) is 0 Å². The first-order valence-electron chi connectivity index (χ1n) is 8.96. The predicted octanol–water partition coefficient (Wildman–Crippen LogP) is 2.34. The van der Waals surface area contributed by atoms with Gasteiger partial charge in [0.25, 0.3) is 5.91 Å². The van der Waals surface area contributed by atoms with Gasteiger partial charge in [0.2, 0.25) is 0 Å². The average Bonchev–Trinajstić information content (AvgIpc) is 3.06. The summed E-state index contributed by atoms with van der Waals surface area (Å²) >= 11 is 0. The molecule has 2 aromatic heterocycles. The predicted molar refractivity (Wildman–Crippen MR) is 100 cm³/mol. The number of methoxy groups -OCH3 is 1. The quantitative estimate of drug-likeness (QED) is 0.767. The molecule has 0 fully saturated rings. The Morgan fingerprint density at radius 3 is 3.04 bits per heavy atom. The van der Waals surface area contributed by atoms with Gasteiger partial charge in [-0.3, -0.25) is 4.79 Å². The van der Waals surface area contributed by atoms with Crippen molar-refractivity contribution in [1.29, 1.82) is 0 Å². The van der Waals surface area contributed by atoms with E-state index in [2.05, 4.69) is 15.4 Å². The number of carbonyl (C=O) groups excluding carboxylic acids is 1. The lowest BCUT2D eigenvalue weighted by atomic mass is 9.96. The third-order valence-corrected chi connectivity index (χ3v) is 4.76. The molecule has 3 aromatic rings. The van der Waals surface area contributed by atoms with Gasteiger partial charge in [0.1, 0.15) is 5.69 Å². The summed E-state index contributed by atoms with van der Waals surface area (Å²) in [6, 6.07) is 9.50. The Morgan fingerprint density at radius 2 is 2.22 bits per heavy atom. The SMILES string of the molecule is COc1cccc2c1OC[C@H](CNC(=O)c1cc(C)n3nc(C)cc3n1)C2. The molecule has 0 bridgehead atoms. The van der Waals surface area contributed by atoms with Crippen molar-refractivity contribution in [3.8, 4) is 11.5 Å². The van der Waals surface area contributed by atoms with Gasteiger partial charge in [-0.2, -0.15) is 5.10 Å². The smallest absolute Gasteiger partial charge is 0.270 e. The van der Waals surface area contributed by atoms with Crippen molar-refractivity contribution >= 4 is 11.6 Å². The van der Waals surface area contributed by atoms with E-state index in [1.807, 2.05) is 38.1 Å². The van der Waals surface area contributed by atoms with Crippen LogP contribution < -0.4 is 14.8 Å². The number of hydrogen-bond donors (Lipinski definition) is 1. The molecule has 4 rings (SSSR count). The molecule has 27 heavy (non-hydrogen) atoms. The van der Waals surface area contributed by atoms with Crippen molar-refractivity contribution in [1.82, 2.24) is 19.9 Å². The average molecular weight is 366 g/mol. The summed E-state index contributed by atoms with van der Waals surface area (Å²) in [6.07, 6.45) is 0.833. The number of amides is 1. The van der Waals surface area contributed by atoms with Crippen LogP contribution in [0.3, 0.4) is 0 Å². The molecule has 1 aromatic carbocycles. The highest BCUT2D eigenvalue weighted by molar-refractivity contribution is 5.92. The molecular formula is C20H22N4O3. The molecule has 1 aliphatic heterocycles. The van der Waals surface area contributed by atoms with Crippen LogP contribution in [0.2, 0.25) is 0 Å². The molecule has 0 radical (unpaired) electrons. The van der Waals surface area contributed by atoms with Crippen molar-refractivity contribution in [2.45, 2.75) is 20.3 Å². The molecule has 0 saturated heterocycles. The Morgan fingerprint density at radius 1 is 1.37 bits per heavy atom. The fourth-order valence-corrected chi connectivity index (χ4v) is 3.43. The first kappa shape index (κ1) is 17.3. The van der Waals surface area contributed by atoms with Crippen molar-refractivity contribution in [3.05, 3.63) is 53.0 Å². The molecule has 0 unspecified atom stereocenters. The van der Waals surface area contributed by atoms with E-state index >= 15 is 0 Å². The lowest BCUT2D eigenvalue weighted by Crippen LogP contribution is -2.35. The molecule has 7 heteroatoms. The van der Waals surface area contributed by atoms with Gasteiger partial charge in [-0.25, -0.2) is 9.50 Å². The number of fused-ring (bicyclic) bond motifs is 2. The highest BCUT2D eigenvalue weighted by Gasteiger charge is 2.23. The monoisotopic (exact) mass is 366 g/mol. The first-order chi connectivity index (χ1) is 13.0. The topological polar surface area (TPSA) is 77.8 Å². The summed E-state index contributed by atoms with van der Waals surface area (Å²) in [5, 5.41) is 7.35. The van der Waals surface area contributed by atoms with Crippen molar-refractivity contribution in [2.24, 2.45) is 5.92 Å². The van der Waals surface area contributed by atoms with Crippen LogP contribution >= 0.6 is 0 Å². The van der Waals surface area contributed by atoms with Crippen LogP contribution in [0.1, 0.15) is 27.4 Å². The third-order valence-electron chi connectivity index (χ3n) is 4.76. The zero-order valence-corrected chi connectivity index (χ0v) is 15.7. The molecule has 1 amide bonds. The molecule has 7 nitrogen and oxygen atoms in total. The number of aryl methyl sites for hydroxylation is 2. The van der Waals surface area contributed by atoms with Crippen LogP contribution in [0.5, 0.6) is 11.5 Å². The molecule has 0 saturated carbocycles. The molecule has 0 aliphatic carbocycles. The van der Waals surface area contributed by atoms with E-state index in [9.17, 15) is 4.79 Å². The van der Waals surface area contributed by atoms with E-state index in [1.165, 1.54) is 0 Å². The standard InChI is InChI=1S/C20H22N4O3/c1-12-7-18-22-16(8-13(2)24(18)23-12)20(25)21-10-14-9-15-5-4-6-17(26-3)19(15)27-11-14/h4-8,14H,9-11H2,1-3H3,(H,21,25)/t14-/m0/s1. The maximum absolute atomic E-state index is 12.6. The number of hydrogen-bond acceptors (Lipinski definition) is 5. The van der Waals surface area contributed by atoms with Gasteiger partial charge in [0.05, 0.1) is 19.4 Å². The van der Waals surface area contributed by atoms with E-state index in [1.54, 1.807) is 17.7 Å².